The maximum absolute atomic E-state index is 12.1. The van der Waals surface area contributed by atoms with Crippen molar-refractivity contribution in [3.05, 3.63) is 51.9 Å². The Balaban J connectivity index is 1.45. The largest absolute Gasteiger partial charge is 0.365 e. The van der Waals surface area contributed by atoms with E-state index in [9.17, 15) is 9.59 Å². The summed E-state index contributed by atoms with van der Waals surface area (Å²) in [6, 6.07) is 9.94. The third kappa shape index (κ3) is 4.55. The topological polar surface area (TPSA) is 84.2 Å². The number of primary amides is 1. The molecule has 0 bridgehead atoms. The van der Waals surface area contributed by atoms with Crippen LogP contribution in [0.2, 0.25) is 0 Å². The molecule has 2 aromatic rings. The van der Waals surface area contributed by atoms with Crippen LogP contribution in [0.3, 0.4) is 0 Å². The fourth-order valence-corrected chi connectivity index (χ4v) is 5.01. The van der Waals surface area contributed by atoms with Crippen LogP contribution in [0.25, 0.3) is 0 Å². The number of carbonyl (C=O) groups excluding carboxylic acids is 2. The summed E-state index contributed by atoms with van der Waals surface area (Å²) in [6.07, 6.45) is 2.87. The van der Waals surface area contributed by atoms with E-state index < -0.39 is 5.91 Å². The first kappa shape index (κ1) is 17.8. The van der Waals surface area contributed by atoms with Gasteiger partial charge in [0.2, 0.25) is 0 Å². The Morgan fingerprint density at radius 2 is 2.00 bits per heavy atom. The average molecular weight is 376 g/mol. The Morgan fingerprint density at radius 3 is 2.76 bits per heavy atom. The van der Waals surface area contributed by atoms with Crippen LogP contribution in [0, 0.1) is 0 Å². The molecule has 0 aliphatic heterocycles. The van der Waals surface area contributed by atoms with Crippen molar-refractivity contribution in [1.29, 1.82) is 0 Å². The van der Waals surface area contributed by atoms with Gasteiger partial charge in [-0.05, 0) is 30.4 Å². The Hall–Kier alpha value is -1.99. The number of rotatable bonds is 7. The van der Waals surface area contributed by atoms with Crippen molar-refractivity contribution in [2.75, 3.05) is 17.6 Å². The molecule has 0 fully saturated rings. The van der Waals surface area contributed by atoms with Gasteiger partial charge in [0.05, 0.1) is 5.56 Å². The standard InChI is InChI=1S/C18H21N3O2S2/c19-16(22)15-13-7-4-8-14(13)25-17(15)21-18(23)20-9-10-24-11-12-5-2-1-3-6-12/h1-3,5-6H,4,7-11H2,(H2,19,22)(H2,20,21,23). The van der Waals surface area contributed by atoms with Gasteiger partial charge >= 0.3 is 6.03 Å². The SMILES string of the molecule is NC(=O)c1c(NC(=O)NCCSCc2ccccc2)sc2c1CCC2. The molecule has 132 valence electrons. The van der Waals surface area contributed by atoms with Crippen LogP contribution in [-0.2, 0) is 18.6 Å². The van der Waals surface area contributed by atoms with Crippen molar-refractivity contribution >= 4 is 40.0 Å². The summed E-state index contributed by atoms with van der Waals surface area (Å²) in [5, 5.41) is 6.20. The molecule has 3 rings (SSSR count). The minimum absolute atomic E-state index is 0.289. The fourth-order valence-electron chi connectivity index (χ4n) is 2.90. The molecule has 0 saturated heterocycles. The van der Waals surface area contributed by atoms with Gasteiger partial charge in [0.15, 0.2) is 0 Å². The minimum Gasteiger partial charge on any atom is -0.365 e. The third-order valence-corrected chi connectivity index (χ3v) is 6.28. The van der Waals surface area contributed by atoms with Gasteiger partial charge in [-0.15, -0.1) is 11.3 Å². The molecule has 1 aromatic heterocycles. The number of carbonyl (C=O) groups is 2. The van der Waals surface area contributed by atoms with Crippen molar-refractivity contribution in [1.82, 2.24) is 5.32 Å². The number of fused-ring (bicyclic) bond motifs is 1. The van der Waals surface area contributed by atoms with Crippen LogP contribution in [-0.4, -0.2) is 24.2 Å². The molecule has 7 heteroatoms. The lowest BCUT2D eigenvalue weighted by Crippen LogP contribution is -2.31. The van der Waals surface area contributed by atoms with E-state index in [1.54, 1.807) is 11.8 Å². The minimum atomic E-state index is -0.465. The van der Waals surface area contributed by atoms with E-state index in [1.165, 1.54) is 21.8 Å². The smallest absolute Gasteiger partial charge is 0.319 e. The first-order chi connectivity index (χ1) is 12.1. The van der Waals surface area contributed by atoms with Crippen molar-refractivity contribution in [3.63, 3.8) is 0 Å². The Kier molecular flexibility index (Phi) is 5.99. The zero-order chi connectivity index (χ0) is 17.6. The summed E-state index contributed by atoms with van der Waals surface area (Å²) < 4.78 is 0. The summed E-state index contributed by atoms with van der Waals surface area (Å²) >= 11 is 3.24. The van der Waals surface area contributed by atoms with E-state index in [1.807, 2.05) is 18.2 Å². The summed E-state index contributed by atoms with van der Waals surface area (Å²) in [4.78, 5) is 25.0. The number of nitrogens with two attached hydrogens (primary N) is 1. The summed E-state index contributed by atoms with van der Waals surface area (Å²) in [5.74, 6) is 1.28. The summed E-state index contributed by atoms with van der Waals surface area (Å²) in [7, 11) is 0. The number of hydrogen-bond acceptors (Lipinski definition) is 4. The quantitative estimate of drug-likeness (QED) is 0.649. The third-order valence-electron chi connectivity index (χ3n) is 4.04. The number of benzene rings is 1. The molecule has 1 heterocycles. The van der Waals surface area contributed by atoms with Gasteiger partial charge < -0.3 is 11.1 Å². The zero-order valence-corrected chi connectivity index (χ0v) is 15.5. The van der Waals surface area contributed by atoms with Gasteiger partial charge in [0.1, 0.15) is 5.00 Å². The molecule has 4 N–H and O–H groups in total. The molecule has 1 aromatic carbocycles. The molecule has 0 saturated carbocycles. The molecule has 25 heavy (non-hydrogen) atoms. The van der Waals surface area contributed by atoms with E-state index >= 15 is 0 Å². The molecule has 0 atom stereocenters. The second kappa shape index (κ2) is 8.40. The number of amides is 3. The Bertz CT molecular complexity index is 759. The van der Waals surface area contributed by atoms with Crippen molar-refractivity contribution in [3.8, 4) is 0 Å². The second-order valence-electron chi connectivity index (χ2n) is 5.84. The van der Waals surface area contributed by atoms with Gasteiger partial charge in [0, 0.05) is 22.9 Å². The van der Waals surface area contributed by atoms with Crippen LogP contribution in [0.1, 0.15) is 32.8 Å². The Morgan fingerprint density at radius 1 is 1.20 bits per heavy atom. The van der Waals surface area contributed by atoms with E-state index in [4.69, 9.17) is 5.73 Å². The van der Waals surface area contributed by atoms with Gasteiger partial charge in [-0.1, -0.05) is 30.3 Å². The number of thiophene rings is 1. The monoisotopic (exact) mass is 375 g/mol. The maximum Gasteiger partial charge on any atom is 0.319 e. The van der Waals surface area contributed by atoms with Gasteiger partial charge in [0.25, 0.3) is 5.91 Å². The maximum atomic E-state index is 12.1. The normalized spacial score (nSPS) is 12.6. The average Bonchev–Trinajstić information content (AvgIpc) is 3.15. The first-order valence-electron chi connectivity index (χ1n) is 8.26. The van der Waals surface area contributed by atoms with Crippen molar-refractivity contribution < 1.29 is 9.59 Å². The second-order valence-corrected chi connectivity index (χ2v) is 8.06. The zero-order valence-electron chi connectivity index (χ0n) is 13.8. The van der Waals surface area contributed by atoms with Crippen LogP contribution in [0.15, 0.2) is 30.3 Å². The van der Waals surface area contributed by atoms with Gasteiger partial charge in [-0.25, -0.2) is 4.79 Å². The molecule has 0 unspecified atom stereocenters. The summed E-state index contributed by atoms with van der Waals surface area (Å²) in [5.41, 5.74) is 8.28. The Labute approximate surface area is 155 Å². The van der Waals surface area contributed by atoms with E-state index in [2.05, 4.69) is 22.8 Å². The van der Waals surface area contributed by atoms with E-state index in [0.717, 1.165) is 36.3 Å². The molecule has 1 aliphatic carbocycles. The lowest BCUT2D eigenvalue weighted by molar-refractivity contribution is 0.100. The molecular formula is C18H21N3O2S2. The van der Waals surface area contributed by atoms with Gasteiger partial charge in [-0.2, -0.15) is 11.8 Å². The molecular weight excluding hydrogens is 354 g/mol. The highest BCUT2D eigenvalue weighted by molar-refractivity contribution is 7.98. The molecule has 5 nitrogen and oxygen atoms in total. The molecule has 0 spiro atoms. The molecule has 3 amide bonds. The molecule has 0 radical (unpaired) electrons. The number of urea groups is 1. The highest BCUT2D eigenvalue weighted by atomic mass is 32.2. The fraction of sp³-hybridized carbons (Fsp3) is 0.333. The highest BCUT2D eigenvalue weighted by Gasteiger charge is 2.25. The van der Waals surface area contributed by atoms with E-state index in [-0.39, 0.29) is 6.03 Å². The van der Waals surface area contributed by atoms with Crippen LogP contribution < -0.4 is 16.4 Å². The van der Waals surface area contributed by atoms with Crippen LogP contribution in [0.4, 0.5) is 9.80 Å². The number of hydrogen-bond donors (Lipinski definition) is 3. The number of anilines is 1. The molecule has 1 aliphatic rings. The van der Waals surface area contributed by atoms with Crippen LogP contribution >= 0.6 is 23.1 Å². The predicted octanol–water partition coefficient (Wildman–Crippen LogP) is 3.39. The van der Waals surface area contributed by atoms with E-state index in [0.29, 0.717) is 17.1 Å². The lowest BCUT2D eigenvalue weighted by atomic mass is 10.1. The number of thioether (sulfide) groups is 1. The van der Waals surface area contributed by atoms with Crippen LogP contribution in [0.5, 0.6) is 0 Å². The summed E-state index contributed by atoms with van der Waals surface area (Å²) in [6.45, 7) is 0.570. The highest BCUT2D eigenvalue weighted by Crippen LogP contribution is 2.38. The van der Waals surface area contributed by atoms with Crippen molar-refractivity contribution in [2.24, 2.45) is 5.73 Å². The first-order valence-corrected chi connectivity index (χ1v) is 10.2. The lowest BCUT2D eigenvalue weighted by Gasteiger charge is -2.08. The van der Waals surface area contributed by atoms with Gasteiger partial charge in [-0.3, -0.25) is 10.1 Å². The predicted molar refractivity (Wildman–Crippen MR) is 104 cm³/mol. The number of nitrogens with one attached hydrogen (secondary N) is 2. The van der Waals surface area contributed by atoms with Crippen molar-refractivity contribution in [2.45, 2.75) is 25.0 Å². The number of aryl methyl sites for hydroxylation is 1.